The fourth-order valence-electron chi connectivity index (χ4n) is 5.24. The van der Waals surface area contributed by atoms with Crippen LogP contribution in [0.25, 0.3) is 0 Å². The van der Waals surface area contributed by atoms with Gasteiger partial charge >= 0.3 is 5.69 Å². The molecule has 0 amide bonds. The molecule has 4 saturated heterocycles. The van der Waals surface area contributed by atoms with Crippen molar-refractivity contribution in [3.05, 3.63) is 68.5 Å². The summed E-state index contributed by atoms with van der Waals surface area (Å²) in [7, 11) is -1.28. The minimum Gasteiger partial charge on any atom is -0.368 e. The van der Waals surface area contributed by atoms with E-state index in [1.165, 1.54) is 16.3 Å². The van der Waals surface area contributed by atoms with Crippen LogP contribution in [0.15, 0.2) is 46.1 Å². The number of benzene rings is 1. The highest BCUT2D eigenvalue weighted by molar-refractivity contribution is 7.45. The summed E-state index contributed by atoms with van der Waals surface area (Å²) in [6, 6.07) is 10.6. The molecule has 0 radical (unpaired) electrons. The molecule has 0 spiro atoms. The first-order valence-corrected chi connectivity index (χ1v) is 12.1. The highest BCUT2D eigenvalue weighted by Crippen LogP contribution is 2.63. The molecule has 4 aliphatic heterocycles. The lowest BCUT2D eigenvalue weighted by Crippen LogP contribution is -2.40. The van der Waals surface area contributed by atoms with E-state index >= 15 is 0 Å². The molecule has 1 aromatic heterocycles. The van der Waals surface area contributed by atoms with Crippen LogP contribution in [-0.4, -0.2) is 51.2 Å². The van der Waals surface area contributed by atoms with Crippen LogP contribution < -0.4 is 11.2 Å². The van der Waals surface area contributed by atoms with E-state index in [2.05, 4.69) is 21.8 Å². The van der Waals surface area contributed by atoms with Crippen LogP contribution in [0, 0.1) is 6.92 Å². The van der Waals surface area contributed by atoms with Gasteiger partial charge in [0, 0.05) is 24.3 Å². The minimum absolute atomic E-state index is 0.0150. The zero-order valence-corrected chi connectivity index (χ0v) is 18.9. The van der Waals surface area contributed by atoms with Gasteiger partial charge in [-0.2, -0.15) is 0 Å². The Bertz CT molecular complexity index is 1140. The normalized spacial score (nSPS) is 38.4. The van der Waals surface area contributed by atoms with Crippen molar-refractivity contribution in [1.82, 2.24) is 14.2 Å². The molecule has 170 valence electrons. The third kappa shape index (κ3) is 3.15. The predicted molar refractivity (Wildman–Crippen MR) is 116 cm³/mol. The van der Waals surface area contributed by atoms with Gasteiger partial charge in [0.05, 0.1) is 6.61 Å². The van der Waals surface area contributed by atoms with Crippen LogP contribution in [0.5, 0.6) is 0 Å². The van der Waals surface area contributed by atoms with Gasteiger partial charge in [0.1, 0.15) is 23.9 Å². The molecule has 32 heavy (non-hydrogen) atoms. The lowest BCUT2D eigenvalue weighted by atomic mass is 10.0. The van der Waals surface area contributed by atoms with Crippen molar-refractivity contribution in [2.24, 2.45) is 0 Å². The Morgan fingerprint density at radius 3 is 2.88 bits per heavy atom. The lowest BCUT2D eigenvalue weighted by molar-refractivity contribution is -0.167. The number of fused-ring (bicyclic) bond motifs is 3. The molecule has 9 nitrogen and oxygen atoms in total. The number of aromatic amines is 1. The second-order valence-corrected chi connectivity index (χ2v) is 10.6. The Kier molecular flexibility index (Phi) is 4.91. The third-order valence-electron chi connectivity index (χ3n) is 6.92. The van der Waals surface area contributed by atoms with E-state index in [0.29, 0.717) is 18.2 Å². The topological polar surface area (TPSA) is 95.0 Å². The largest absolute Gasteiger partial charge is 0.368 e. The van der Waals surface area contributed by atoms with Crippen LogP contribution in [0.1, 0.15) is 43.2 Å². The average Bonchev–Trinajstić information content (AvgIpc) is 3.51. The third-order valence-corrected chi connectivity index (χ3v) is 8.65. The Morgan fingerprint density at radius 2 is 2.06 bits per heavy atom. The van der Waals surface area contributed by atoms with E-state index < -0.39 is 37.7 Å². The van der Waals surface area contributed by atoms with Gasteiger partial charge < -0.3 is 18.5 Å². The molecule has 2 bridgehead atoms. The molecule has 2 aromatic rings. The lowest BCUT2D eigenvalue weighted by Gasteiger charge is -2.29. The quantitative estimate of drug-likeness (QED) is 0.702. The molecule has 0 saturated carbocycles. The molecular weight excluding hydrogens is 433 g/mol. The van der Waals surface area contributed by atoms with E-state index in [1.807, 2.05) is 25.1 Å². The fraction of sp³-hybridized carbons (Fsp3) is 0.545. The van der Waals surface area contributed by atoms with Crippen LogP contribution >= 0.6 is 8.53 Å². The van der Waals surface area contributed by atoms with E-state index in [0.717, 1.165) is 19.4 Å². The molecule has 10 heteroatoms. The van der Waals surface area contributed by atoms with Gasteiger partial charge in [-0.25, -0.2) is 9.46 Å². The molecule has 4 aliphatic rings. The number of ether oxygens (including phenoxy) is 2. The van der Waals surface area contributed by atoms with Crippen molar-refractivity contribution in [2.45, 2.75) is 62.9 Å². The first kappa shape index (κ1) is 20.7. The summed E-state index contributed by atoms with van der Waals surface area (Å²) >= 11 is 0. The van der Waals surface area contributed by atoms with Crippen molar-refractivity contribution in [3.63, 3.8) is 0 Å². The summed E-state index contributed by atoms with van der Waals surface area (Å²) < 4.78 is 29.1. The first-order chi connectivity index (χ1) is 15.4. The van der Waals surface area contributed by atoms with E-state index in [9.17, 15) is 9.59 Å². The number of aryl methyl sites for hydroxylation is 1. The van der Waals surface area contributed by atoms with Crippen molar-refractivity contribution in [1.29, 1.82) is 0 Å². The minimum atomic E-state index is -1.28. The molecule has 1 unspecified atom stereocenters. The Labute approximate surface area is 186 Å². The maximum Gasteiger partial charge on any atom is 0.330 e. The van der Waals surface area contributed by atoms with Gasteiger partial charge in [-0.3, -0.25) is 14.3 Å². The zero-order chi connectivity index (χ0) is 22.0. The SMILES string of the molecule is Cc1cn([C@@H]2O[C@]3(C)CO[C@H]2C3O[P@]2O[C@@H](c3ccccc3)[C@H]3CCCN32)c(=O)[nH]c1=O. The van der Waals surface area contributed by atoms with Gasteiger partial charge in [0.2, 0.25) is 0 Å². The predicted octanol–water partition coefficient (Wildman–Crippen LogP) is 2.38. The second kappa shape index (κ2) is 7.58. The van der Waals surface area contributed by atoms with Crippen LogP contribution in [0.2, 0.25) is 0 Å². The Balaban J connectivity index is 1.27. The monoisotopic (exact) mass is 459 g/mol. The van der Waals surface area contributed by atoms with Crippen molar-refractivity contribution in [2.75, 3.05) is 13.2 Å². The summed E-state index contributed by atoms with van der Waals surface area (Å²) in [6.07, 6.45) is 2.19. The summed E-state index contributed by atoms with van der Waals surface area (Å²) in [4.78, 5) is 26.6. The summed E-state index contributed by atoms with van der Waals surface area (Å²) in [5.74, 6) is 0. The fourth-order valence-corrected chi connectivity index (χ4v) is 7.31. The molecule has 7 atom stereocenters. The Hall–Kier alpha value is -1.87. The molecule has 5 heterocycles. The molecule has 1 N–H and O–H groups in total. The zero-order valence-electron chi connectivity index (χ0n) is 18.0. The maximum absolute atomic E-state index is 12.5. The van der Waals surface area contributed by atoms with Crippen LogP contribution in [0.3, 0.4) is 0 Å². The summed E-state index contributed by atoms with van der Waals surface area (Å²) in [6.45, 7) is 4.93. The van der Waals surface area contributed by atoms with E-state index in [-0.39, 0.29) is 12.2 Å². The van der Waals surface area contributed by atoms with Gasteiger partial charge in [-0.15, -0.1) is 0 Å². The molecule has 4 fully saturated rings. The van der Waals surface area contributed by atoms with Crippen LogP contribution in [-0.2, 0) is 18.5 Å². The van der Waals surface area contributed by atoms with Crippen molar-refractivity contribution in [3.8, 4) is 0 Å². The second-order valence-electron chi connectivity index (χ2n) is 9.15. The van der Waals surface area contributed by atoms with E-state index in [1.54, 1.807) is 6.92 Å². The first-order valence-electron chi connectivity index (χ1n) is 11.0. The van der Waals surface area contributed by atoms with Crippen molar-refractivity contribution < 1.29 is 18.5 Å². The van der Waals surface area contributed by atoms with Gasteiger partial charge in [-0.05, 0) is 32.3 Å². The standard InChI is InChI=1S/C22H26N3O6P/c1-13-11-24(21(27)23-19(13)26)20-17-18(22(2,29-20)12-28-17)31-32-25-10-6-9-15(25)16(30-32)14-7-4-3-5-8-14/h3-5,7-8,11,15-18,20H,6,9-10,12H2,1-2H3,(H,23,26,27)/t15-,16+,17+,18?,20-,22-,32+/m1/s1. The number of nitrogens with one attached hydrogen (secondary N) is 1. The molecule has 0 aliphatic carbocycles. The highest BCUT2D eigenvalue weighted by Gasteiger charge is 2.63. The summed E-state index contributed by atoms with van der Waals surface area (Å²) in [5.41, 5.74) is -0.0169. The van der Waals surface area contributed by atoms with E-state index in [4.69, 9.17) is 18.5 Å². The van der Waals surface area contributed by atoms with Crippen LogP contribution in [0.4, 0.5) is 0 Å². The molecular formula is C22H26N3O6P. The molecule has 1 aromatic carbocycles. The summed E-state index contributed by atoms with van der Waals surface area (Å²) in [5, 5.41) is 0. The average molecular weight is 459 g/mol. The number of aromatic nitrogens is 2. The van der Waals surface area contributed by atoms with Gasteiger partial charge in [0.25, 0.3) is 14.1 Å². The number of H-pyrrole nitrogens is 1. The van der Waals surface area contributed by atoms with Crippen molar-refractivity contribution >= 4 is 8.53 Å². The maximum atomic E-state index is 12.5. The number of hydrogen-bond donors (Lipinski definition) is 1. The highest BCUT2D eigenvalue weighted by atomic mass is 31.2. The molecule has 6 rings (SSSR count). The number of rotatable bonds is 4. The smallest absolute Gasteiger partial charge is 0.330 e. The van der Waals surface area contributed by atoms with Gasteiger partial charge in [-0.1, -0.05) is 30.3 Å². The number of hydrogen-bond acceptors (Lipinski definition) is 7. The number of nitrogens with zero attached hydrogens (tertiary/aromatic N) is 2. The Morgan fingerprint density at radius 1 is 1.25 bits per heavy atom. The van der Waals surface area contributed by atoms with Gasteiger partial charge in [0.15, 0.2) is 6.23 Å².